The molecule has 196 valence electrons. The van der Waals surface area contributed by atoms with E-state index < -0.39 is 0 Å². The second kappa shape index (κ2) is 15.9. The molecule has 1 aliphatic heterocycles. The van der Waals surface area contributed by atoms with Gasteiger partial charge >= 0.3 is 0 Å². The average Bonchev–Trinajstić information content (AvgIpc) is 2.87. The summed E-state index contributed by atoms with van der Waals surface area (Å²) in [6.07, 6.45) is 0.536. The van der Waals surface area contributed by atoms with Crippen LogP contribution in [-0.2, 0) is 4.74 Å². The number of nitrogens with zero attached hydrogens (tertiary/aromatic N) is 2. The monoisotopic (exact) mass is 528 g/mol. The lowest BCUT2D eigenvalue weighted by Gasteiger charge is -2.36. The number of halogens is 2. The molecule has 2 aromatic rings. The lowest BCUT2D eigenvalue weighted by atomic mass is 10.1. The molecular weight excluding hydrogens is 491 g/mol. The Morgan fingerprint density at radius 1 is 0.886 bits per heavy atom. The summed E-state index contributed by atoms with van der Waals surface area (Å²) < 4.78 is 22.1. The van der Waals surface area contributed by atoms with Crippen LogP contribution in [0.25, 0.3) is 0 Å². The third kappa shape index (κ3) is 8.54. The Hall–Kier alpha value is -2.03. The summed E-state index contributed by atoms with van der Waals surface area (Å²) in [6.45, 7) is 8.17. The minimum atomic E-state index is 0. The van der Waals surface area contributed by atoms with Crippen molar-refractivity contribution in [1.82, 2.24) is 9.80 Å². The van der Waals surface area contributed by atoms with Crippen LogP contribution in [0, 0.1) is 0 Å². The summed E-state index contributed by atoms with van der Waals surface area (Å²) in [6, 6.07) is 13.9. The van der Waals surface area contributed by atoms with Crippen LogP contribution in [0.2, 0.25) is 0 Å². The van der Waals surface area contributed by atoms with Gasteiger partial charge in [0.2, 0.25) is 5.75 Å². The first kappa shape index (κ1) is 31.0. The number of hydrogen-bond acceptors (Lipinski definition) is 7. The quantitative estimate of drug-likeness (QED) is 0.375. The van der Waals surface area contributed by atoms with Crippen LogP contribution >= 0.6 is 24.8 Å². The molecule has 7 nitrogen and oxygen atoms in total. The average molecular weight is 530 g/mol. The summed E-state index contributed by atoms with van der Waals surface area (Å²) >= 11 is 0. The number of piperazine rings is 1. The summed E-state index contributed by atoms with van der Waals surface area (Å²) in [5.41, 5.74) is 1.79. The zero-order valence-electron chi connectivity index (χ0n) is 21.0. The number of benzene rings is 2. The molecule has 3 rings (SSSR count). The van der Waals surface area contributed by atoms with Gasteiger partial charge in [0.25, 0.3) is 0 Å². The van der Waals surface area contributed by atoms with Crippen LogP contribution in [-0.4, -0.2) is 82.8 Å². The van der Waals surface area contributed by atoms with Crippen molar-refractivity contribution in [1.29, 1.82) is 0 Å². The lowest BCUT2D eigenvalue weighted by molar-refractivity contribution is 0.0183. The molecule has 1 unspecified atom stereocenters. The lowest BCUT2D eigenvalue weighted by Crippen LogP contribution is -2.48. The van der Waals surface area contributed by atoms with Crippen molar-refractivity contribution in [2.24, 2.45) is 0 Å². The number of Topliss-reactive ketones (excluding diaryl/α,β-unsaturated/α-hetero) is 1. The topological polar surface area (TPSA) is 60.5 Å². The third-order valence-corrected chi connectivity index (χ3v) is 6.07. The SMILES string of the molecule is CCOC(CN1CCN(CCC(=O)c2cc(OC)c(OC)c(OC)c2)CC1)c1ccccc1.Cl.Cl. The molecule has 1 fully saturated rings. The molecule has 9 heteroatoms. The predicted molar refractivity (Wildman–Crippen MR) is 143 cm³/mol. The normalized spacial score (nSPS) is 14.9. The second-order valence-electron chi connectivity index (χ2n) is 8.08. The number of carbonyl (C=O) groups is 1. The fourth-order valence-corrected chi connectivity index (χ4v) is 4.20. The van der Waals surface area contributed by atoms with Crippen molar-refractivity contribution < 1.29 is 23.7 Å². The maximum atomic E-state index is 12.9. The molecule has 0 amide bonds. The number of carbonyl (C=O) groups excluding carboxylic acids is 1. The van der Waals surface area contributed by atoms with Crippen molar-refractivity contribution >= 4 is 30.6 Å². The van der Waals surface area contributed by atoms with Crippen LogP contribution < -0.4 is 14.2 Å². The third-order valence-electron chi connectivity index (χ3n) is 6.07. The molecule has 1 atom stereocenters. The Morgan fingerprint density at radius 2 is 1.46 bits per heavy atom. The van der Waals surface area contributed by atoms with Gasteiger partial charge < -0.3 is 23.8 Å². The van der Waals surface area contributed by atoms with Gasteiger partial charge in [-0.25, -0.2) is 0 Å². The Bertz CT molecular complexity index is 868. The highest BCUT2D eigenvalue weighted by Gasteiger charge is 2.22. The van der Waals surface area contributed by atoms with Gasteiger partial charge in [0.15, 0.2) is 17.3 Å². The second-order valence-corrected chi connectivity index (χ2v) is 8.08. The smallest absolute Gasteiger partial charge is 0.203 e. The number of ketones is 1. The van der Waals surface area contributed by atoms with Crippen molar-refractivity contribution in [3.63, 3.8) is 0 Å². The van der Waals surface area contributed by atoms with E-state index in [2.05, 4.69) is 34.1 Å². The summed E-state index contributed by atoms with van der Waals surface area (Å²) in [5, 5.41) is 0. The van der Waals surface area contributed by atoms with E-state index in [4.69, 9.17) is 18.9 Å². The number of methoxy groups -OCH3 is 3. The van der Waals surface area contributed by atoms with Crippen molar-refractivity contribution in [3.8, 4) is 17.2 Å². The Kier molecular flexibility index (Phi) is 14.0. The molecule has 0 bridgehead atoms. The first-order valence-corrected chi connectivity index (χ1v) is 11.5. The van der Waals surface area contributed by atoms with Crippen molar-refractivity contribution in [2.45, 2.75) is 19.4 Å². The van der Waals surface area contributed by atoms with E-state index in [9.17, 15) is 4.79 Å². The minimum absolute atomic E-state index is 0. The van der Waals surface area contributed by atoms with E-state index in [1.807, 2.05) is 13.0 Å². The predicted octanol–water partition coefficient (Wildman–Crippen LogP) is 4.52. The van der Waals surface area contributed by atoms with Crippen LogP contribution in [0.5, 0.6) is 17.2 Å². The first-order valence-electron chi connectivity index (χ1n) is 11.5. The van der Waals surface area contributed by atoms with E-state index in [1.54, 1.807) is 33.5 Å². The molecule has 0 aromatic heterocycles. The minimum Gasteiger partial charge on any atom is -0.493 e. The van der Waals surface area contributed by atoms with Crippen LogP contribution in [0.4, 0.5) is 0 Å². The molecular formula is C26H38Cl2N2O5. The highest BCUT2D eigenvalue weighted by atomic mass is 35.5. The van der Waals surface area contributed by atoms with E-state index in [0.717, 1.165) is 39.3 Å². The Morgan fingerprint density at radius 3 is 1.97 bits per heavy atom. The molecule has 1 aliphatic rings. The van der Waals surface area contributed by atoms with Gasteiger partial charge in [-0.15, -0.1) is 24.8 Å². The number of hydrogen-bond donors (Lipinski definition) is 0. The largest absolute Gasteiger partial charge is 0.493 e. The summed E-state index contributed by atoms with van der Waals surface area (Å²) in [5.74, 6) is 1.55. The molecule has 0 spiro atoms. The van der Waals surface area contributed by atoms with E-state index in [1.165, 1.54) is 5.56 Å². The number of rotatable bonds is 12. The molecule has 0 saturated carbocycles. The molecule has 2 aromatic carbocycles. The first-order chi connectivity index (χ1) is 16.1. The zero-order valence-corrected chi connectivity index (χ0v) is 22.7. The molecule has 0 aliphatic carbocycles. The summed E-state index contributed by atoms with van der Waals surface area (Å²) in [4.78, 5) is 17.7. The van der Waals surface area contributed by atoms with Gasteiger partial charge in [0.05, 0.1) is 27.4 Å². The van der Waals surface area contributed by atoms with Gasteiger partial charge in [-0.2, -0.15) is 0 Å². The van der Waals surface area contributed by atoms with Crippen LogP contribution in [0.15, 0.2) is 42.5 Å². The van der Waals surface area contributed by atoms with E-state index in [-0.39, 0.29) is 36.7 Å². The van der Waals surface area contributed by atoms with Crippen LogP contribution in [0.1, 0.15) is 35.4 Å². The van der Waals surface area contributed by atoms with Crippen LogP contribution in [0.3, 0.4) is 0 Å². The molecule has 0 radical (unpaired) electrons. The van der Waals surface area contributed by atoms with Crippen molar-refractivity contribution in [2.75, 3.05) is 67.2 Å². The maximum absolute atomic E-state index is 12.9. The van der Waals surface area contributed by atoms with Gasteiger partial charge in [-0.3, -0.25) is 9.69 Å². The van der Waals surface area contributed by atoms with Gasteiger partial charge in [0, 0.05) is 57.9 Å². The zero-order chi connectivity index (χ0) is 23.6. The summed E-state index contributed by atoms with van der Waals surface area (Å²) in [7, 11) is 4.66. The molecule has 1 heterocycles. The maximum Gasteiger partial charge on any atom is 0.203 e. The van der Waals surface area contributed by atoms with Gasteiger partial charge in [-0.1, -0.05) is 30.3 Å². The fourth-order valence-electron chi connectivity index (χ4n) is 4.20. The molecule has 0 N–H and O–H groups in total. The molecule has 35 heavy (non-hydrogen) atoms. The van der Waals surface area contributed by atoms with Gasteiger partial charge in [0.1, 0.15) is 0 Å². The number of ether oxygens (including phenoxy) is 4. The van der Waals surface area contributed by atoms with Gasteiger partial charge in [-0.05, 0) is 24.6 Å². The highest BCUT2D eigenvalue weighted by Crippen LogP contribution is 2.38. The highest BCUT2D eigenvalue weighted by molar-refractivity contribution is 5.97. The van der Waals surface area contributed by atoms with E-state index in [0.29, 0.717) is 35.8 Å². The Labute approximate surface area is 221 Å². The molecule has 1 saturated heterocycles. The standard InChI is InChI=1S/C26H36N2O5.2ClH/c1-5-33-25(20-9-7-6-8-10-20)19-28-15-13-27(14-16-28)12-11-22(29)21-17-23(30-2)26(32-4)24(18-21)31-3;;/h6-10,17-18,25H,5,11-16,19H2,1-4H3;2*1H. The Balaban J connectivity index is 0.00000306. The van der Waals surface area contributed by atoms with E-state index >= 15 is 0 Å². The van der Waals surface area contributed by atoms with Crippen molar-refractivity contribution in [3.05, 3.63) is 53.6 Å². The fraction of sp³-hybridized carbons (Fsp3) is 0.500.